The largest absolute Gasteiger partial charge is 0.507 e. The first-order valence-corrected chi connectivity index (χ1v) is 12.7. The molecule has 0 bridgehead atoms. The lowest BCUT2D eigenvalue weighted by Crippen LogP contribution is -2.29. The summed E-state index contributed by atoms with van der Waals surface area (Å²) in [5.41, 5.74) is 1.52. The molecule has 1 atom stereocenters. The second-order valence-corrected chi connectivity index (χ2v) is 9.69. The molecule has 210 valence electrons. The monoisotopic (exact) mass is 568 g/mol. The van der Waals surface area contributed by atoms with Gasteiger partial charge in [-0.25, -0.2) is 9.78 Å². The van der Waals surface area contributed by atoms with Crippen LogP contribution in [0.3, 0.4) is 0 Å². The SMILES string of the molecule is COC(=O)c1sc(N2C(=O)C(=O)C(=C(O)c3ccc(OC)c(C)c3)[C@H]2c2cc(OC)c(OC)c(OC)c2)nc1C. The molecule has 3 aromatic rings. The molecule has 0 aliphatic carbocycles. The molecule has 0 radical (unpaired) electrons. The normalized spacial score (nSPS) is 16.2. The van der Waals surface area contributed by atoms with Crippen LogP contribution < -0.4 is 23.8 Å². The molecule has 1 saturated heterocycles. The Morgan fingerprint density at radius 1 is 0.925 bits per heavy atom. The van der Waals surface area contributed by atoms with Gasteiger partial charge >= 0.3 is 11.9 Å². The first-order chi connectivity index (χ1) is 19.1. The highest BCUT2D eigenvalue weighted by molar-refractivity contribution is 7.17. The number of rotatable bonds is 8. The van der Waals surface area contributed by atoms with Crippen LogP contribution in [0.25, 0.3) is 5.76 Å². The molecule has 2 aromatic carbocycles. The van der Waals surface area contributed by atoms with Gasteiger partial charge in [0.1, 0.15) is 16.4 Å². The summed E-state index contributed by atoms with van der Waals surface area (Å²) in [4.78, 5) is 45.2. The maximum atomic E-state index is 13.6. The van der Waals surface area contributed by atoms with Gasteiger partial charge in [-0.15, -0.1) is 0 Å². The molecule has 0 unspecified atom stereocenters. The third-order valence-electron chi connectivity index (χ3n) is 6.48. The average Bonchev–Trinajstić information content (AvgIpc) is 3.47. The molecule has 0 spiro atoms. The summed E-state index contributed by atoms with van der Waals surface area (Å²) in [6, 6.07) is 6.90. The smallest absolute Gasteiger partial charge is 0.350 e. The van der Waals surface area contributed by atoms with Crippen molar-refractivity contribution in [2.45, 2.75) is 19.9 Å². The summed E-state index contributed by atoms with van der Waals surface area (Å²) in [7, 11) is 7.08. The molecule has 1 aliphatic heterocycles. The molecule has 1 fully saturated rings. The fourth-order valence-electron chi connectivity index (χ4n) is 4.55. The van der Waals surface area contributed by atoms with Gasteiger partial charge in [-0.05, 0) is 55.3 Å². The summed E-state index contributed by atoms with van der Waals surface area (Å²) in [6.07, 6.45) is 0. The van der Waals surface area contributed by atoms with Crippen molar-refractivity contribution < 1.29 is 43.2 Å². The predicted molar refractivity (Wildman–Crippen MR) is 147 cm³/mol. The average molecular weight is 569 g/mol. The third kappa shape index (κ3) is 4.70. The Hall–Kier alpha value is -4.58. The Balaban J connectivity index is 2.02. The number of hydrogen-bond donors (Lipinski definition) is 1. The molecule has 1 aromatic heterocycles. The molecule has 1 N–H and O–H groups in total. The van der Waals surface area contributed by atoms with Gasteiger partial charge in [-0.2, -0.15) is 0 Å². The quantitative estimate of drug-likeness (QED) is 0.182. The van der Waals surface area contributed by atoms with E-state index in [2.05, 4.69) is 4.98 Å². The van der Waals surface area contributed by atoms with Crippen LogP contribution in [0, 0.1) is 13.8 Å². The number of amides is 1. The zero-order valence-electron chi connectivity index (χ0n) is 23.0. The van der Waals surface area contributed by atoms with Crippen molar-refractivity contribution in [2.24, 2.45) is 0 Å². The van der Waals surface area contributed by atoms with Crippen molar-refractivity contribution in [1.82, 2.24) is 4.98 Å². The number of carbonyl (C=O) groups is 3. The van der Waals surface area contributed by atoms with Gasteiger partial charge in [0, 0.05) is 5.56 Å². The fraction of sp³-hybridized carbons (Fsp3) is 0.286. The van der Waals surface area contributed by atoms with Crippen LogP contribution in [0.1, 0.15) is 38.1 Å². The number of aromatic nitrogens is 1. The van der Waals surface area contributed by atoms with E-state index in [0.717, 1.165) is 16.2 Å². The van der Waals surface area contributed by atoms with Gasteiger partial charge in [0.05, 0.1) is 52.9 Å². The van der Waals surface area contributed by atoms with Crippen molar-refractivity contribution in [2.75, 3.05) is 40.4 Å². The second kappa shape index (κ2) is 11.3. The van der Waals surface area contributed by atoms with Crippen molar-refractivity contribution >= 4 is 39.9 Å². The molecular weight excluding hydrogens is 540 g/mol. The first-order valence-electron chi connectivity index (χ1n) is 11.9. The molecule has 11 nitrogen and oxygen atoms in total. The van der Waals surface area contributed by atoms with Crippen molar-refractivity contribution in [1.29, 1.82) is 0 Å². The minimum atomic E-state index is -1.16. The van der Waals surface area contributed by atoms with Crippen LogP contribution in [0.4, 0.5) is 5.13 Å². The van der Waals surface area contributed by atoms with Crippen LogP contribution >= 0.6 is 11.3 Å². The van der Waals surface area contributed by atoms with Crippen LogP contribution in [-0.4, -0.2) is 63.3 Å². The number of esters is 1. The fourth-order valence-corrected chi connectivity index (χ4v) is 5.56. The lowest BCUT2D eigenvalue weighted by Gasteiger charge is -2.24. The van der Waals surface area contributed by atoms with Gasteiger partial charge in [0.25, 0.3) is 5.78 Å². The van der Waals surface area contributed by atoms with Crippen LogP contribution in [0.15, 0.2) is 35.9 Å². The molecule has 2 heterocycles. The van der Waals surface area contributed by atoms with E-state index in [1.54, 1.807) is 44.2 Å². The maximum Gasteiger partial charge on any atom is 0.350 e. The highest BCUT2D eigenvalue weighted by Gasteiger charge is 2.49. The first kappa shape index (κ1) is 28.4. The van der Waals surface area contributed by atoms with Gasteiger partial charge in [-0.3, -0.25) is 14.5 Å². The van der Waals surface area contributed by atoms with Crippen molar-refractivity contribution in [3.05, 3.63) is 63.2 Å². The standard InChI is InChI=1S/C28H28N2O9S/c1-13-10-15(8-9-17(13)35-3)22(31)20-21(16-11-18(36-4)24(38-6)19(12-16)37-5)30(26(33)23(20)32)28-29-14(2)25(40-28)27(34)39-7/h8-12,21,31H,1-7H3/t21-/m1/s1. The van der Waals surface area contributed by atoms with Crippen LogP contribution in [-0.2, 0) is 14.3 Å². The number of ketones is 1. The van der Waals surface area contributed by atoms with E-state index in [1.165, 1.54) is 35.5 Å². The van der Waals surface area contributed by atoms with E-state index in [4.69, 9.17) is 23.7 Å². The maximum absolute atomic E-state index is 13.6. The molecular formula is C28H28N2O9S. The number of benzene rings is 2. The summed E-state index contributed by atoms with van der Waals surface area (Å²) in [5, 5.41) is 11.6. The van der Waals surface area contributed by atoms with E-state index in [9.17, 15) is 19.5 Å². The van der Waals surface area contributed by atoms with Gasteiger partial charge < -0.3 is 28.8 Å². The molecule has 0 saturated carbocycles. The number of aliphatic hydroxyl groups is 1. The number of aliphatic hydroxyl groups excluding tert-OH is 1. The number of thiazole rings is 1. The molecule has 1 amide bonds. The van der Waals surface area contributed by atoms with Crippen LogP contribution in [0.2, 0.25) is 0 Å². The predicted octanol–water partition coefficient (Wildman–Crippen LogP) is 4.21. The number of Topliss-reactive ketones (excluding diaryl/α,β-unsaturated/α-hetero) is 1. The lowest BCUT2D eigenvalue weighted by atomic mass is 9.94. The zero-order chi connectivity index (χ0) is 29.3. The Labute approximate surface area is 234 Å². The number of methoxy groups -OCH3 is 5. The summed E-state index contributed by atoms with van der Waals surface area (Å²) < 4.78 is 26.6. The summed E-state index contributed by atoms with van der Waals surface area (Å²) in [6.45, 7) is 3.38. The number of carbonyl (C=O) groups excluding carboxylic acids is 3. The van der Waals surface area contributed by atoms with E-state index in [1.807, 2.05) is 0 Å². The Morgan fingerprint density at radius 3 is 2.08 bits per heavy atom. The molecule has 4 rings (SSSR count). The summed E-state index contributed by atoms with van der Waals surface area (Å²) >= 11 is 0.897. The zero-order valence-corrected chi connectivity index (χ0v) is 23.8. The van der Waals surface area contributed by atoms with E-state index < -0.39 is 29.5 Å². The van der Waals surface area contributed by atoms with Gasteiger partial charge in [0.2, 0.25) is 5.75 Å². The topological polar surface area (TPSA) is 134 Å². The minimum Gasteiger partial charge on any atom is -0.507 e. The van der Waals surface area contributed by atoms with E-state index in [0.29, 0.717) is 33.9 Å². The number of nitrogens with zero attached hydrogens (tertiary/aromatic N) is 2. The number of hydrogen-bond acceptors (Lipinski definition) is 11. The Bertz CT molecular complexity index is 1520. The Morgan fingerprint density at radius 2 is 1.55 bits per heavy atom. The van der Waals surface area contributed by atoms with E-state index in [-0.39, 0.29) is 27.1 Å². The highest BCUT2D eigenvalue weighted by Crippen LogP contribution is 2.48. The van der Waals surface area contributed by atoms with Crippen molar-refractivity contribution in [3.8, 4) is 23.0 Å². The van der Waals surface area contributed by atoms with Gasteiger partial charge in [0.15, 0.2) is 16.6 Å². The number of anilines is 1. The second-order valence-electron chi connectivity index (χ2n) is 8.71. The number of ether oxygens (including phenoxy) is 5. The highest BCUT2D eigenvalue weighted by atomic mass is 32.1. The Kier molecular flexibility index (Phi) is 8.01. The van der Waals surface area contributed by atoms with Gasteiger partial charge in [-0.1, -0.05) is 11.3 Å². The molecule has 1 aliphatic rings. The minimum absolute atomic E-state index is 0.0729. The lowest BCUT2D eigenvalue weighted by molar-refractivity contribution is -0.132. The van der Waals surface area contributed by atoms with Crippen LogP contribution in [0.5, 0.6) is 23.0 Å². The van der Waals surface area contributed by atoms with E-state index >= 15 is 0 Å². The number of aryl methyl sites for hydroxylation is 2. The molecule has 40 heavy (non-hydrogen) atoms. The third-order valence-corrected chi connectivity index (χ3v) is 7.61. The van der Waals surface area contributed by atoms with Crippen molar-refractivity contribution in [3.63, 3.8) is 0 Å². The molecule has 12 heteroatoms. The summed E-state index contributed by atoms with van der Waals surface area (Å²) in [5.74, 6) is -1.46.